The minimum absolute atomic E-state index is 0.0855. The maximum atomic E-state index is 13.6. The van der Waals surface area contributed by atoms with E-state index in [2.05, 4.69) is 4.98 Å². The largest absolute Gasteiger partial charge is 0.595 e. The molecular weight excluding hydrogens is 440 g/mol. The summed E-state index contributed by atoms with van der Waals surface area (Å²) in [6.45, 7) is 0.0679. The second-order valence-corrected chi connectivity index (χ2v) is 8.53. The topological polar surface area (TPSA) is 123 Å². The summed E-state index contributed by atoms with van der Waals surface area (Å²) in [5.41, 5.74) is 3.66. The van der Waals surface area contributed by atoms with Crippen LogP contribution in [0, 0.1) is 5.21 Å². The third kappa shape index (κ3) is 3.65. The molecule has 2 amide bonds. The summed E-state index contributed by atoms with van der Waals surface area (Å²) >= 11 is 0. The summed E-state index contributed by atoms with van der Waals surface area (Å²) in [5, 5.41) is 20.6. The van der Waals surface area contributed by atoms with Gasteiger partial charge in [-0.05, 0) is 17.2 Å². The third-order valence-electron chi connectivity index (χ3n) is 6.71. The van der Waals surface area contributed by atoms with Crippen LogP contribution >= 0.6 is 0 Å². The maximum Gasteiger partial charge on any atom is 0.246 e. The Morgan fingerprint density at radius 1 is 1.15 bits per heavy atom. The van der Waals surface area contributed by atoms with Gasteiger partial charge in [-0.2, -0.15) is 5.23 Å². The number of fused-ring (bicyclic) bond motifs is 4. The van der Waals surface area contributed by atoms with Gasteiger partial charge in [0.2, 0.25) is 11.8 Å². The Kier molecular flexibility index (Phi) is 5.84. The Morgan fingerprint density at radius 3 is 2.53 bits per heavy atom. The molecule has 2 unspecified atom stereocenters. The van der Waals surface area contributed by atoms with Crippen LogP contribution in [0.5, 0.6) is 0 Å². The first kappa shape index (κ1) is 22.5. The first-order valence-corrected chi connectivity index (χ1v) is 11.0. The van der Waals surface area contributed by atoms with Gasteiger partial charge in [0.15, 0.2) is 12.0 Å². The summed E-state index contributed by atoms with van der Waals surface area (Å²) in [7, 11) is 2.98. The highest BCUT2D eigenvalue weighted by Crippen LogP contribution is 2.42. The average Bonchev–Trinajstić information content (AvgIpc) is 3.22. The van der Waals surface area contributed by atoms with E-state index in [1.54, 1.807) is 17.0 Å². The van der Waals surface area contributed by atoms with E-state index in [0.29, 0.717) is 6.42 Å². The standard InChI is InChI=1S/C24H26N4O6/c1-33-21(34-2)13-26-12-20(29)27-19(24(26)30)11-17-16-5-3-4-6-18(16)25-22(17)23(27)14-7-9-15(10-8-14)28(31)32/h3-10,19,21,23,25,28,31H,11-13H2,1-2H3/t19-,23?/m0/s1. The van der Waals surface area contributed by atoms with Gasteiger partial charge in [0.05, 0.1) is 12.6 Å². The highest BCUT2D eigenvalue weighted by molar-refractivity contribution is 5.97. The minimum Gasteiger partial charge on any atom is -0.595 e. The molecule has 2 aromatic carbocycles. The number of nitrogens with one attached hydrogen (secondary N) is 2. The molecule has 178 valence electrons. The number of amides is 2. The normalized spacial score (nSPS) is 21.2. The van der Waals surface area contributed by atoms with Crippen LogP contribution in [0.25, 0.3) is 10.9 Å². The summed E-state index contributed by atoms with van der Waals surface area (Å²) < 4.78 is 10.5. The van der Waals surface area contributed by atoms with Crippen molar-refractivity contribution in [1.29, 1.82) is 0 Å². The number of nitrogens with zero attached hydrogens (tertiary/aromatic N) is 2. The molecule has 3 N–H and O–H groups in total. The van der Waals surface area contributed by atoms with Crippen LogP contribution in [0.3, 0.4) is 0 Å². The van der Waals surface area contributed by atoms with Crippen LogP contribution in [0.4, 0.5) is 5.69 Å². The fourth-order valence-electron chi connectivity index (χ4n) is 5.06. The molecule has 10 heteroatoms. The Morgan fingerprint density at radius 2 is 1.85 bits per heavy atom. The van der Waals surface area contributed by atoms with E-state index in [4.69, 9.17) is 9.47 Å². The molecule has 3 aromatic rings. The number of ether oxygens (including phenoxy) is 2. The number of piperazine rings is 1. The van der Waals surface area contributed by atoms with E-state index in [9.17, 15) is 20.0 Å². The SMILES string of the molecule is COC(CN1CC(=O)N2C(c3ccc([NH+]([O-])O)cc3)c3[nH]c4ccccc4c3C[C@H]2C1=O)OC. The predicted molar refractivity (Wildman–Crippen MR) is 121 cm³/mol. The zero-order chi connectivity index (χ0) is 24.0. The number of para-hydroxylation sites is 1. The first-order valence-electron chi connectivity index (χ1n) is 11.0. The lowest BCUT2D eigenvalue weighted by atomic mass is 9.86. The number of aromatic amines is 1. The molecule has 2 aliphatic heterocycles. The lowest BCUT2D eigenvalue weighted by molar-refractivity contribution is -0.991. The van der Waals surface area contributed by atoms with Crippen molar-refractivity contribution < 1.29 is 29.5 Å². The van der Waals surface area contributed by atoms with Crippen molar-refractivity contribution in [2.75, 3.05) is 27.3 Å². The van der Waals surface area contributed by atoms with Crippen molar-refractivity contribution in [1.82, 2.24) is 14.8 Å². The van der Waals surface area contributed by atoms with Crippen LogP contribution in [0.2, 0.25) is 0 Å². The molecule has 0 spiro atoms. The molecular formula is C24H26N4O6. The van der Waals surface area contributed by atoms with Crippen LogP contribution in [0.1, 0.15) is 22.9 Å². The number of rotatable bonds is 6. The van der Waals surface area contributed by atoms with E-state index >= 15 is 0 Å². The third-order valence-corrected chi connectivity index (χ3v) is 6.71. The minimum atomic E-state index is -1.02. The van der Waals surface area contributed by atoms with Crippen LogP contribution in [0.15, 0.2) is 48.5 Å². The van der Waals surface area contributed by atoms with Gasteiger partial charge < -0.3 is 29.5 Å². The summed E-state index contributed by atoms with van der Waals surface area (Å²) in [6, 6.07) is 13.1. The van der Waals surface area contributed by atoms with Gasteiger partial charge in [0, 0.05) is 49.4 Å². The molecule has 10 nitrogen and oxygen atoms in total. The Hall–Kier alpha value is -3.28. The molecule has 2 aliphatic rings. The second kappa shape index (κ2) is 8.82. The van der Waals surface area contributed by atoms with Gasteiger partial charge in [0.25, 0.3) is 0 Å². The maximum absolute atomic E-state index is 13.6. The second-order valence-electron chi connectivity index (χ2n) is 8.53. The summed E-state index contributed by atoms with van der Waals surface area (Å²) in [4.78, 5) is 33.7. The zero-order valence-corrected chi connectivity index (χ0v) is 18.9. The van der Waals surface area contributed by atoms with Gasteiger partial charge in [-0.1, -0.05) is 30.3 Å². The molecule has 1 aromatic heterocycles. The number of methoxy groups -OCH3 is 2. The quantitative estimate of drug-likeness (QED) is 0.366. The number of benzene rings is 2. The lowest BCUT2D eigenvalue weighted by Crippen LogP contribution is -2.99. The number of aromatic nitrogens is 1. The van der Waals surface area contributed by atoms with Crippen LogP contribution in [-0.4, -0.2) is 71.4 Å². The molecule has 34 heavy (non-hydrogen) atoms. The first-order chi connectivity index (χ1) is 16.4. The lowest BCUT2D eigenvalue weighted by Gasteiger charge is -2.47. The predicted octanol–water partition coefficient (Wildman–Crippen LogP) is 0.875. The monoisotopic (exact) mass is 466 g/mol. The highest BCUT2D eigenvalue weighted by atomic mass is 16.8. The van der Waals surface area contributed by atoms with E-state index in [1.165, 1.54) is 31.3 Å². The molecule has 0 radical (unpaired) electrons. The molecule has 3 heterocycles. The molecule has 5 rings (SSSR count). The van der Waals surface area contributed by atoms with Crippen molar-refractivity contribution >= 4 is 28.4 Å². The molecule has 1 saturated heterocycles. The number of hydrogen-bond acceptors (Lipinski definition) is 6. The van der Waals surface area contributed by atoms with Crippen LogP contribution < -0.4 is 5.23 Å². The number of H-pyrrole nitrogens is 1. The van der Waals surface area contributed by atoms with Crippen molar-refractivity contribution in [2.24, 2.45) is 0 Å². The van der Waals surface area contributed by atoms with Gasteiger partial charge in [-0.25, -0.2) is 5.21 Å². The fraction of sp³-hybridized carbons (Fsp3) is 0.333. The molecule has 3 atom stereocenters. The molecule has 0 saturated carbocycles. The van der Waals surface area contributed by atoms with E-state index in [-0.39, 0.29) is 30.6 Å². The van der Waals surface area contributed by atoms with Gasteiger partial charge in [-0.3, -0.25) is 9.59 Å². The van der Waals surface area contributed by atoms with Gasteiger partial charge >= 0.3 is 0 Å². The van der Waals surface area contributed by atoms with Crippen molar-refractivity contribution in [3.8, 4) is 0 Å². The van der Waals surface area contributed by atoms with E-state index < -0.39 is 23.6 Å². The summed E-state index contributed by atoms with van der Waals surface area (Å²) in [6.07, 6.45) is -0.246. The Balaban J connectivity index is 1.61. The number of carbonyl (C=O) groups is 2. The Bertz CT molecular complexity index is 1220. The van der Waals surface area contributed by atoms with E-state index in [1.807, 2.05) is 24.3 Å². The zero-order valence-electron chi connectivity index (χ0n) is 18.9. The summed E-state index contributed by atoms with van der Waals surface area (Å²) in [5.74, 6) is -0.353. The number of carbonyl (C=O) groups excluding carboxylic acids is 2. The fourth-order valence-corrected chi connectivity index (χ4v) is 5.06. The van der Waals surface area contributed by atoms with Crippen molar-refractivity contribution in [2.45, 2.75) is 24.8 Å². The van der Waals surface area contributed by atoms with E-state index in [0.717, 1.165) is 27.7 Å². The smallest absolute Gasteiger partial charge is 0.246 e. The Labute approximate surface area is 195 Å². The molecule has 0 bridgehead atoms. The number of quaternary nitrogens is 1. The van der Waals surface area contributed by atoms with Gasteiger partial charge in [0.1, 0.15) is 12.6 Å². The molecule has 1 fully saturated rings. The van der Waals surface area contributed by atoms with Crippen LogP contribution in [-0.2, 0) is 25.5 Å². The molecule has 0 aliphatic carbocycles. The van der Waals surface area contributed by atoms with Gasteiger partial charge in [-0.15, -0.1) is 0 Å². The average molecular weight is 466 g/mol. The number of hydrogen-bond donors (Lipinski definition) is 3. The van der Waals surface area contributed by atoms with Crippen molar-refractivity contribution in [3.63, 3.8) is 0 Å². The van der Waals surface area contributed by atoms with Crippen molar-refractivity contribution in [3.05, 3.63) is 70.6 Å². The highest BCUT2D eigenvalue weighted by Gasteiger charge is 2.48.